The van der Waals surface area contributed by atoms with Gasteiger partial charge in [0.1, 0.15) is 60.7 Å². The number of carboxylic acids is 2. The number of carbonyl (C=O) groups excluding carboxylic acids is 10. The van der Waals surface area contributed by atoms with Crippen LogP contribution >= 0.6 is 0 Å². The molecule has 8 rings (SSSR count). The standard InChI is InChI=1S/C73H94N12O15/c1-42(74-9)62(88)82-60(72(3,4)5)68(94)77-52-21-15-16-34-100-51-28-24-44(25-29-51)37-56(71(98)99)81-66(92)55(39-46-23-27-48-18-12-14-20-50(48)36-46)80-67(93)57-41-84(32-33-85(57)69(95)61(73(6,7)8)83-63(89)43(2)75-10)59(87)40-76-58(86)31-30-53(70(96)97)78-65(91)54(79-64(52)90)38-45-22-26-47-17-11-13-19-49(47)35-45/h11-20,22-29,35-36,42-43,52-57,60-61,74-75H,21,30-34,37-41H2,1-10H3,(H,76,86)(H,77,94)(H,78,91)(H,79,90)(H,80,93)(H,81,92)(H,82,88)(H,83,89)(H,96,97)(H,98,99)/b16-15+/t42-,43-,52-,53-,54-,55-,56-,57-,60+,61+/m0/s1. The number of aliphatic carboxylic acids is 2. The van der Waals surface area contributed by atoms with Gasteiger partial charge >= 0.3 is 11.9 Å². The second-order valence-corrected chi connectivity index (χ2v) is 27.5. The van der Waals surface area contributed by atoms with E-state index in [4.69, 9.17) is 4.74 Å². The summed E-state index contributed by atoms with van der Waals surface area (Å²) in [5, 5.41) is 51.7. The molecule has 27 nitrogen and oxygen atoms in total. The first-order chi connectivity index (χ1) is 47.3. The summed E-state index contributed by atoms with van der Waals surface area (Å²) >= 11 is 0. The highest BCUT2D eigenvalue weighted by atomic mass is 16.5. The highest BCUT2D eigenvalue weighted by Crippen LogP contribution is 2.26. The molecule has 0 aromatic heterocycles. The Bertz CT molecular complexity index is 3850. The molecule has 536 valence electrons. The quantitative estimate of drug-likeness (QED) is 0.0668. The maximum absolute atomic E-state index is 15.2. The third-order valence-corrected chi connectivity index (χ3v) is 17.8. The molecular weight excluding hydrogens is 1280 g/mol. The summed E-state index contributed by atoms with van der Waals surface area (Å²) in [6.45, 7) is 11.8. The molecule has 0 aliphatic carbocycles. The zero-order valence-corrected chi connectivity index (χ0v) is 58.2. The van der Waals surface area contributed by atoms with Crippen molar-refractivity contribution in [2.75, 3.05) is 46.9 Å². The minimum Gasteiger partial charge on any atom is -0.490 e. The Morgan fingerprint density at radius 3 is 1.62 bits per heavy atom. The van der Waals surface area contributed by atoms with E-state index in [0.29, 0.717) is 22.4 Å². The number of carbonyl (C=O) groups is 12. The lowest BCUT2D eigenvalue weighted by atomic mass is 9.85. The van der Waals surface area contributed by atoms with Gasteiger partial charge in [-0.1, -0.05) is 151 Å². The van der Waals surface area contributed by atoms with Gasteiger partial charge in [0.25, 0.3) is 0 Å². The average Bonchev–Trinajstić information content (AvgIpc) is 0.791. The van der Waals surface area contributed by atoms with Crippen LogP contribution < -0.4 is 57.9 Å². The molecule has 0 radical (unpaired) electrons. The lowest BCUT2D eigenvalue weighted by molar-refractivity contribution is -0.152. The van der Waals surface area contributed by atoms with E-state index in [-0.39, 0.29) is 45.4 Å². The number of carboxylic acid groups (broad SMARTS) is 2. The van der Waals surface area contributed by atoms with Crippen LogP contribution in [0.15, 0.2) is 121 Å². The van der Waals surface area contributed by atoms with E-state index in [1.807, 2.05) is 66.7 Å². The molecule has 10 atom stereocenters. The Balaban J connectivity index is 1.24. The fourth-order valence-corrected chi connectivity index (χ4v) is 11.5. The Morgan fingerprint density at radius 1 is 0.590 bits per heavy atom. The molecule has 0 spiro atoms. The lowest BCUT2D eigenvalue weighted by Crippen LogP contribution is -2.67. The van der Waals surface area contributed by atoms with Crippen LogP contribution in [0, 0.1) is 10.8 Å². The highest BCUT2D eigenvalue weighted by Gasteiger charge is 2.45. The van der Waals surface area contributed by atoms with E-state index in [9.17, 15) is 63.0 Å². The number of rotatable bonds is 15. The Kier molecular flexibility index (Phi) is 27.0. The monoisotopic (exact) mass is 1380 g/mol. The van der Waals surface area contributed by atoms with Gasteiger partial charge in [0.15, 0.2) is 0 Å². The van der Waals surface area contributed by atoms with Gasteiger partial charge in [0.05, 0.1) is 25.2 Å². The molecule has 10 amide bonds. The molecule has 100 heavy (non-hydrogen) atoms. The molecule has 1 saturated heterocycles. The van der Waals surface area contributed by atoms with Crippen molar-refractivity contribution in [3.8, 4) is 5.75 Å². The third-order valence-electron chi connectivity index (χ3n) is 17.8. The third kappa shape index (κ3) is 21.6. The lowest BCUT2D eigenvalue weighted by Gasteiger charge is -2.44. The van der Waals surface area contributed by atoms with Crippen LogP contribution in [0.25, 0.3) is 21.5 Å². The minimum atomic E-state index is -1.74. The summed E-state index contributed by atoms with van der Waals surface area (Å²) in [6, 6.07) is 18.8. The van der Waals surface area contributed by atoms with Crippen molar-refractivity contribution in [3.63, 3.8) is 0 Å². The summed E-state index contributed by atoms with van der Waals surface area (Å²) < 4.78 is 6.01. The second-order valence-electron chi connectivity index (χ2n) is 27.5. The summed E-state index contributed by atoms with van der Waals surface area (Å²) in [6.07, 6.45) is 1.26. The van der Waals surface area contributed by atoms with Crippen molar-refractivity contribution in [2.45, 2.75) is 154 Å². The first-order valence-corrected chi connectivity index (χ1v) is 33.4. The predicted octanol–water partition coefficient (Wildman–Crippen LogP) is 2.17. The molecule has 5 aromatic rings. The van der Waals surface area contributed by atoms with Gasteiger partial charge in [-0.25, -0.2) is 9.59 Å². The van der Waals surface area contributed by atoms with E-state index in [1.54, 1.807) is 124 Å². The SMILES string of the molecule is CN[C@@H](C)C(=O)N[C@H](C(=O)N[C@H]1C/C=C/COc2ccc(cc2)C[C@@H](C(=O)O)NC(=O)[C@H](Cc2ccc3ccccc3c2)NC(=O)[C@@H]2CN(CCN2C(=O)[C@@H](NC(=O)[C@H](C)NC)C(C)(C)C)C(=O)CNC(=O)CC[C@@H](C(=O)O)NC(=O)[C@H](Cc2ccc3ccccc3c2)NC1=O)C(C)(C)C. The van der Waals surface area contributed by atoms with E-state index < -0.39 is 168 Å². The summed E-state index contributed by atoms with van der Waals surface area (Å²) in [5.41, 5.74) is -0.259. The first kappa shape index (κ1) is 77.1. The van der Waals surface area contributed by atoms with Gasteiger partial charge in [-0.15, -0.1) is 0 Å². The number of likely N-dealkylation sites (N-methyl/N-ethyl adjacent to an activating group) is 2. The zero-order valence-electron chi connectivity index (χ0n) is 58.2. The van der Waals surface area contributed by atoms with Crippen LogP contribution in [0.1, 0.15) is 91.3 Å². The molecule has 1 fully saturated rings. The van der Waals surface area contributed by atoms with Crippen LogP contribution in [0.5, 0.6) is 5.75 Å². The number of fused-ring (bicyclic) bond motifs is 26. The number of hydrogen-bond acceptors (Lipinski definition) is 15. The molecule has 3 aliphatic rings. The van der Waals surface area contributed by atoms with Crippen LogP contribution in [-0.2, 0) is 76.8 Å². The van der Waals surface area contributed by atoms with Crippen molar-refractivity contribution >= 4 is 92.6 Å². The molecule has 4 bridgehead atoms. The van der Waals surface area contributed by atoms with Crippen LogP contribution in [-0.4, -0.2) is 198 Å². The molecule has 3 aliphatic heterocycles. The van der Waals surface area contributed by atoms with Crippen molar-refractivity contribution < 1.29 is 72.5 Å². The predicted molar refractivity (Wildman–Crippen MR) is 374 cm³/mol. The number of nitrogens with one attached hydrogen (secondary N) is 10. The average molecular weight is 1380 g/mol. The molecule has 3 heterocycles. The molecular formula is C73H94N12O15. The van der Waals surface area contributed by atoms with Crippen LogP contribution in [0.4, 0.5) is 0 Å². The zero-order chi connectivity index (χ0) is 73.2. The van der Waals surface area contributed by atoms with Crippen molar-refractivity contribution in [3.05, 3.63) is 138 Å². The van der Waals surface area contributed by atoms with Gasteiger partial charge < -0.3 is 77.9 Å². The smallest absolute Gasteiger partial charge is 0.326 e. The highest BCUT2D eigenvalue weighted by molar-refractivity contribution is 5.99. The summed E-state index contributed by atoms with van der Waals surface area (Å²) in [5.74, 6) is -10.2. The fourth-order valence-electron chi connectivity index (χ4n) is 11.5. The Morgan fingerprint density at radius 2 is 1.10 bits per heavy atom. The van der Waals surface area contributed by atoms with Crippen molar-refractivity contribution in [2.24, 2.45) is 10.8 Å². The van der Waals surface area contributed by atoms with Crippen molar-refractivity contribution in [1.29, 1.82) is 0 Å². The molecule has 27 heteroatoms. The van der Waals surface area contributed by atoms with Gasteiger partial charge in [-0.2, -0.15) is 0 Å². The minimum absolute atomic E-state index is 0.0886. The molecule has 5 aromatic carbocycles. The molecule has 0 unspecified atom stereocenters. The first-order valence-electron chi connectivity index (χ1n) is 33.4. The van der Waals surface area contributed by atoms with E-state index in [2.05, 4.69) is 53.2 Å². The van der Waals surface area contributed by atoms with Gasteiger partial charge in [0.2, 0.25) is 59.1 Å². The van der Waals surface area contributed by atoms with E-state index in [0.717, 1.165) is 21.5 Å². The topological polar surface area (TPSA) is 381 Å². The largest absolute Gasteiger partial charge is 0.490 e. The van der Waals surface area contributed by atoms with Crippen molar-refractivity contribution in [1.82, 2.24) is 63.0 Å². The van der Waals surface area contributed by atoms with Gasteiger partial charge in [-0.3, -0.25) is 47.9 Å². The fraction of sp³-hybridized carbons (Fsp3) is 0.452. The molecule has 12 N–H and O–H groups in total. The van der Waals surface area contributed by atoms with Gasteiger partial charge in [0, 0.05) is 38.8 Å². The number of amides is 10. The summed E-state index contributed by atoms with van der Waals surface area (Å²) in [4.78, 5) is 172. The maximum Gasteiger partial charge on any atom is 0.326 e. The number of benzene rings is 5. The second kappa shape index (κ2) is 35.0. The number of ether oxygens (including phenoxy) is 1. The van der Waals surface area contributed by atoms with E-state index >= 15 is 4.79 Å². The van der Waals surface area contributed by atoms with Crippen LogP contribution in [0.2, 0.25) is 0 Å². The Labute approximate surface area is 581 Å². The van der Waals surface area contributed by atoms with Gasteiger partial charge in [-0.05, 0) is 102 Å². The number of hydrogen-bond donors (Lipinski definition) is 12. The summed E-state index contributed by atoms with van der Waals surface area (Å²) in [7, 11) is 3.15. The number of piperazine rings is 1. The maximum atomic E-state index is 15.2. The van der Waals surface area contributed by atoms with Crippen LogP contribution in [0.3, 0.4) is 0 Å². The molecule has 0 saturated carbocycles. The Hall–Kier alpha value is -10.3. The van der Waals surface area contributed by atoms with E-state index in [1.165, 1.54) is 9.80 Å². The number of nitrogens with zero attached hydrogens (tertiary/aromatic N) is 2. The normalized spacial score (nSPS) is 21.5.